The summed E-state index contributed by atoms with van der Waals surface area (Å²) in [6.07, 6.45) is 0. The van der Waals surface area contributed by atoms with Crippen LogP contribution in [-0.4, -0.2) is 57.9 Å². The summed E-state index contributed by atoms with van der Waals surface area (Å²) < 4.78 is 13.2. The summed E-state index contributed by atoms with van der Waals surface area (Å²) in [6.45, 7) is 11.6. The first-order valence-electron chi connectivity index (χ1n) is 11.0. The highest BCUT2D eigenvalue weighted by atomic mass is 79.9. The van der Waals surface area contributed by atoms with Crippen LogP contribution in [0.3, 0.4) is 0 Å². The van der Waals surface area contributed by atoms with Crippen LogP contribution in [0.15, 0.2) is 45.8 Å². The van der Waals surface area contributed by atoms with Crippen LogP contribution in [-0.2, 0) is 23.9 Å². The molecule has 8 heteroatoms. The second-order valence-corrected chi connectivity index (χ2v) is 11.4. The van der Waals surface area contributed by atoms with Gasteiger partial charge in [0, 0.05) is 71.0 Å². The lowest BCUT2D eigenvalue weighted by Gasteiger charge is -2.37. The average molecular weight is 541 g/mol. The molecule has 32 heavy (non-hydrogen) atoms. The van der Waals surface area contributed by atoms with Gasteiger partial charge in [0.25, 0.3) is 5.91 Å². The minimum atomic E-state index is -1.11. The van der Waals surface area contributed by atoms with E-state index < -0.39 is 10.8 Å². The number of carbonyl (C=O) groups excluding carboxylic acids is 1. The molecule has 1 amide bonds. The number of carbonyl (C=O) groups is 1. The first-order chi connectivity index (χ1) is 15.3. The summed E-state index contributed by atoms with van der Waals surface area (Å²) in [5, 5.41) is 3.53. The largest absolute Gasteiger partial charge is 0.348 e. The van der Waals surface area contributed by atoms with Crippen molar-refractivity contribution in [2.24, 2.45) is 0 Å². The van der Waals surface area contributed by atoms with Crippen molar-refractivity contribution in [3.05, 3.63) is 62.6 Å². The highest BCUT2D eigenvalue weighted by Gasteiger charge is 2.19. The van der Waals surface area contributed by atoms with Gasteiger partial charge in [-0.25, -0.2) is 0 Å². The van der Waals surface area contributed by atoms with E-state index in [1.54, 1.807) is 18.2 Å². The molecule has 1 saturated heterocycles. The minimum Gasteiger partial charge on any atom is -0.348 e. The second kappa shape index (κ2) is 11.7. The molecule has 0 aromatic heterocycles. The second-order valence-electron chi connectivity index (χ2n) is 8.32. The maximum Gasteiger partial charge on any atom is 0.251 e. The van der Waals surface area contributed by atoms with Gasteiger partial charge < -0.3 is 5.32 Å². The van der Waals surface area contributed by atoms with Crippen LogP contribution in [0.4, 0.5) is 0 Å². The maximum absolute atomic E-state index is 12.9. The Balaban J connectivity index is 1.66. The Morgan fingerprint density at radius 1 is 1.16 bits per heavy atom. The van der Waals surface area contributed by atoms with Gasteiger partial charge in [0.15, 0.2) is 0 Å². The molecule has 1 fully saturated rings. The van der Waals surface area contributed by atoms with Gasteiger partial charge in [0.1, 0.15) is 0 Å². The Bertz CT molecular complexity index is 978. The van der Waals surface area contributed by atoms with Crippen molar-refractivity contribution in [3.63, 3.8) is 0 Å². The number of hydrogen-bond donors (Lipinski definition) is 1. The van der Waals surface area contributed by atoms with Crippen LogP contribution < -0.4 is 5.32 Å². The molecule has 174 valence electrons. The van der Waals surface area contributed by atoms with E-state index >= 15 is 0 Å². The third-order valence-corrected chi connectivity index (χ3v) is 7.84. The molecule has 2 aromatic rings. The molecule has 0 saturated carbocycles. The Kier molecular flexibility index (Phi) is 9.32. The fourth-order valence-electron chi connectivity index (χ4n) is 3.91. The first kappa shape index (κ1) is 25.4. The maximum atomic E-state index is 12.9. The molecule has 0 aliphatic carbocycles. The van der Waals surface area contributed by atoms with Gasteiger partial charge in [-0.1, -0.05) is 34.5 Å². The van der Waals surface area contributed by atoms with Crippen molar-refractivity contribution in [1.29, 1.82) is 0 Å². The van der Waals surface area contributed by atoms with Gasteiger partial charge in [-0.3, -0.25) is 18.8 Å². The zero-order valence-electron chi connectivity index (χ0n) is 18.9. The van der Waals surface area contributed by atoms with Crippen LogP contribution >= 0.6 is 27.5 Å². The summed E-state index contributed by atoms with van der Waals surface area (Å²) >= 11 is 9.69. The first-order valence-corrected chi connectivity index (χ1v) is 13.5. The number of benzene rings is 2. The number of nitrogens with one attached hydrogen (secondary N) is 1. The van der Waals surface area contributed by atoms with Crippen molar-refractivity contribution in [2.45, 2.75) is 44.8 Å². The normalized spacial score (nSPS) is 16.3. The molecular weight excluding hydrogens is 510 g/mol. The standard InChI is InChI=1S/C24H31BrClN3O2S/c1-4-32(31)23-6-5-22(26)14-20(23)15-27-24(30)19-11-18(12-21(25)13-19)16-28-7-9-29(10-8-28)17(2)3/h5-6,11-14,17H,4,7-10,15-16H2,1-3H3,(H,27,30). The van der Waals surface area contributed by atoms with E-state index in [0.717, 1.165) is 48.3 Å². The van der Waals surface area contributed by atoms with Crippen LogP contribution in [0, 0.1) is 0 Å². The van der Waals surface area contributed by atoms with Gasteiger partial charge in [0.2, 0.25) is 0 Å². The number of nitrogens with zero attached hydrogens (tertiary/aromatic N) is 2. The smallest absolute Gasteiger partial charge is 0.251 e. The lowest BCUT2D eigenvalue weighted by atomic mass is 10.1. The number of amides is 1. The molecular formula is C24H31BrClN3O2S. The monoisotopic (exact) mass is 539 g/mol. The van der Waals surface area contributed by atoms with Gasteiger partial charge in [-0.15, -0.1) is 0 Å². The van der Waals surface area contributed by atoms with Gasteiger partial charge >= 0.3 is 0 Å². The molecule has 1 unspecified atom stereocenters. The number of hydrogen-bond acceptors (Lipinski definition) is 4. The van der Waals surface area contributed by atoms with E-state index in [1.165, 1.54) is 0 Å². The third-order valence-electron chi connectivity index (χ3n) is 5.73. The predicted octanol–water partition coefficient (Wildman–Crippen LogP) is 4.69. The van der Waals surface area contributed by atoms with Crippen molar-refractivity contribution >= 4 is 44.2 Å². The minimum absolute atomic E-state index is 0.162. The number of halogens is 2. The SMILES string of the molecule is CCS(=O)c1ccc(Cl)cc1CNC(=O)c1cc(Br)cc(CN2CCN(C(C)C)CC2)c1. The molecule has 5 nitrogen and oxygen atoms in total. The fraction of sp³-hybridized carbons (Fsp3) is 0.458. The fourth-order valence-corrected chi connectivity index (χ4v) is 5.60. The Hall–Kier alpha value is -1.25. The quantitative estimate of drug-likeness (QED) is 0.528. The predicted molar refractivity (Wildman–Crippen MR) is 136 cm³/mol. The van der Waals surface area contributed by atoms with Crippen molar-refractivity contribution in [2.75, 3.05) is 31.9 Å². The molecule has 3 rings (SSSR count). The number of rotatable bonds is 8. The summed E-state index contributed by atoms with van der Waals surface area (Å²) in [7, 11) is -1.11. The van der Waals surface area contributed by atoms with Crippen LogP contribution in [0.1, 0.15) is 42.3 Å². The highest BCUT2D eigenvalue weighted by molar-refractivity contribution is 9.10. The van der Waals surface area contributed by atoms with Crippen LogP contribution in [0.2, 0.25) is 5.02 Å². The van der Waals surface area contributed by atoms with Crippen molar-refractivity contribution in [1.82, 2.24) is 15.1 Å². The highest BCUT2D eigenvalue weighted by Crippen LogP contribution is 2.21. The molecule has 1 heterocycles. The summed E-state index contributed by atoms with van der Waals surface area (Å²) in [6, 6.07) is 11.7. The summed E-state index contributed by atoms with van der Waals surface area (Å²) in [4.78, 5) is 18.5. The zero-order chi connectivity index (χ0) is 23.3. The van der Waals surface area contributed by atoms with Gasteiger partial charge in [-0.05, 0) is 61.4 Å². The molecule has 1 aliphatic heterocycles. The third kappa shape index (κ3) is 6.87. The van der Waals surface area contributed by atoms with Gasteiger partial charge in [0.05, 0.1) is 10.8 Å². The molecule has 1 aliphatic rings. The Morgan fingerprint density at radius 3 is 2.53 bits per heavy atom. The van der Waals surface area contributed by atoms with E-state index in [1.807, 2.05) is 19.1 Å². The zero-order valence-corrected chi connectivity index (χ0v) is 22.0. The lowest BCUT2D eigenvalue weighted by molar-refractivity contribution is 0.0949. The lowest BCUT2D eigenvalue weighted by Crippen LogP contribution is -2.48. The molecule has 1 N–H and O–H groups in total. The van der Waals surface area contributed by atoms with E-state index in [9.17, 15) is 9.00 Å². The van der Waals surface area contributed by atoms with Gasteiger partial charge in [-0.2, -0.15) is 0 Å². The number of piperazine rings is 1. The van der Waals surface area contributed by atoms with Crippen molar-refractivity contribution < 1.29 is 9.00 Å². The van der Waals surface area contributed by atoms with Crippen LogP contribution in [0.5, 0.6) is 0 Å². The van der Waals surface area contributed by atoms with E-state index in [-0.39, 0.29) is 12.5 Å². The van der Waals surface area contributed by atoms with E-state index in [2.05, 4.69) is 51.0 Å². The van der Waals surface area contributed by atoms with E-state index in [0.29, 0.717) is 27.3 Å². The van der Waals surface area contributed by atoms with Crippen molar-refractivity contribution in [3.8, 4) is 0 Å². The molecule has 0 spiro atoms. The molecule has 0 radical (unpaired) electrons. The Morgan fingerprint density at radius 2 is 1.88 bits per heavy atom. The molecule has 1 atom stereocenters. The van der Waals surface area contributed by atoms with Crippen LogP contribution in [0.25, 0.3) is 0 Å². The average Bonchev–Trinajstić information content (AvgIpc) is 2.77. The van der Waals surface area contributed by atoms with E-state index in [4.69, 9.17) is 11.6 Å². The Labute approximate surface area is 207 Å². The molecule has 0 bridgehead atoms. The topological polar surface area (TPSA) is 52.7 Å². The summed E-state index contributed by atoms with van der Waals surface area (Å²) in [5.74, 6) is 0.355. The summed E-state index contributed by atoms with van der Waals surface area (Å²) in [5.41, 5.74) is 2.50. The molecule has 2 aromatic carbocycles.